The van der Waals surface area contributed by atoms with Crippen LogP contribution in [0.1, 0.15) is 59.3 Å². The van der Waals surface area contributed by atoms with E-state index in [2.05, 4.69) is 20.8 Å². The first-order chi connectivity index (χ1) is 8.17. The van der Waals surface area contributed by atoms with E-state index in [-0.39, 0.29) is 0 Å². The molecule has 2 nitrogen and oxygen atoms in total. The number of rotatable bonds is 6. The van der Waals surface area contributed by atoms with Gasteiger partial charge in [0.2, 0.25) is 0 Å². The van der Waals surface area contributed by atoms with Crippen LogP contribution in [0.15, 0.2) is 0 Å². The molecule has 1 rings (SSSR count). The van der Waals surface area contributed by atoms with Gasteiger partial charge in [-0.25, -0.2) is 0 Å². The predicted octanol–water partition coefficient (Wildman–Crippen LogP) is 4.30. The minimum atomic E-state index is -1.63. The normalized spacial score (nSPS) is 21.2. The summed E-state index contributed by atoms with van der Waals surface area (Å²) in [5.41, 5.74) is 0. The molecule has 0 aliphatic heterocycles. The zero-order valence-corrected chi connectivity index (χ0v) is 12.9. The molecule has 0 aromatic rings. The van der Waals surface area contributed by atoms with Gasteiger partial charge in [-0.05, 0) is 31.0 Å². The Hall–Kier alpha value is 0.137. The van der Waals surface area contributed by atoms with E-state index in [1.54, 1.807) is 0 Å². The van der Waals surface area contributed by atoms with Crippen molar-refractivity contribution in [1.82, 2.24) is 0 Å². The molecule has 0 spiro atoms. The molecule has 1 unspecified atom stereocenters. The second-order valence-corrected chi connectivity index (χ2v) is 10.2. The van der Waals surface area contributed by atoms with E-state index in [0.29, 0.717) is 5.92 Å². The van der Waals surface area contributed by atoms with E-state index < -0.39 is 14.6 Å². The lowest BCUT2D eigenvalue weighted by atomic mass is 10.0. The average Bonchev–Trinajstić information content (AvgIpc) is 2.65. The van der Waals surface area contributed by atoms with Crippen LogP contribution in [-0.2, 0) is 4.43 Å². The molecule has 0 aromatic heterocycles. The van der Waals surface area contributed by atoms with Crippen molar-refractivity contribution < 1.29 is 9.53 Å². The van der Waals surface area contributed by atoms with Gasteiger partial charge < -0.3 is 9.53 Å². The maximum Gasteiger partial charge on any atom is 0.195 e. The van der Waals surface area contributed by atoms with Crippen molar-refractivity contribution in [3.05, 3.63) is 0 Å². The molecule has 1 saturated carbocycles. The fourth-order valence-electron chi connectivity index (χ4n) is 2.95. The molecule has 1 aliphatic rings. The predicted molar refractivity (Wildman–Crippen MR) is 75.5 cm³/mol. The van der Waals surface area contributed by atoms with Crippen LogP contribution in [0.4, 0.5) is 0 Å². The van der Waals surface area contributed by atoms with Crippen molar-refractivity contribution in [2.24, 2.45) is 5.92 Å². The summed E-state index contributed by atoms with van der Waals surface area (Å²) in [4.78, 5) is 0. The van der Waals surface area contributed by atoms with Crippen LogP contribution in [0.2, 0.25) is 18.1 Å². The van der Waals surface area contributed by atoms with Crippen LogP contribution < -0.4 is 0 Å². The van der Waals surface area contributed by atoms with Crippen molar-refractivity contribution in [2.45, 2.75) is 83.7 Å². The molecule has 0 aromatic carbocycles. The van der Waals surface area contributed by atoms with Gasteiger partial charge in [0.25, 0.3) is 0 Å². The summed E-state index contributed by atoms with van der Waals surface area (Å²) in [6.45, 7) is 6.66. The molecule has 1 N–H and O–H groups in total. The van der Waals surface area contributed by atoms with E-state index >= 15 is 0 Å². The number of hydrogen-bond donors (Lipinski definition) is 1. The fourth-order valence-corrected chi connectivity index (χ4v) is 5.65. The van der Waals surface area contributed by atoms with E-state index in [1.807, 2.05) is 0 Å². The molecule has 1 aliphatic carbocycles. The van der Waals surface area contributed by atoms with Crippen LogP contribution in [0.5, 0.6) is 0 Å². The Labute approximate surface area is 108 Å². The van der Waals surface area contributed by atoms with Gasteiger partial charge in [0.05, 0.1) is 0 Å². The zero-order valence-electron chi connectivity index (χ0n) is 11.9. The van der Waals surface area contributed by atoms with Gasteiger partial charge in [-0.2, -0.15) is 0 Å². The molecule has 0 heterocycles. The Kier molecular flexibility index (Phi) is 6.74. The van der Waals surface area contributed by atoms with Crippen molar-refractivity contribution in [3.8, 4) is 0 Å². The maximum atomic E-state index is 10.3. The van der Waals surface area contributed by atoms with Gasteiger partial charge in [-0.3, -0.25) is 0 Å². The third-order valence-electron chi connectivity index (χ3n) is 4.61. The maximum absolute atomic E-state index is 10.3. The van der Waals surface area contributed by atoms with Gasteiger partial charge >= 0.3 is 0 Å². The minimum Gasteiger partial charge on any atom is -0.392 e. The lowest BCUT2D eigenvalue weighted by molar-refractivity contribution is -0.0748. The molecule has 17 heavy (non-hydrogen) atoms. The number of aliphatic hydroxyl groups is 1. The van der Waals surface area contributed by atoms with E-state index in [9.17, 15) is 5.11 Å². The molecular formula is C14H30O2Si. The highest BCUT2D eigenvalue weighted by Crippen LogP contribution is 2.30. The summed E-state index contributed by atoms with van der Waals surface area (Å²) in [5, 5.41) is 10.3. The van der Waals surface area contributed by atoms with E-state index in [4.69, 9.17) is 4.43 Å². The zero-order chi connectivity index (χ0) is 12.7. The monoisotopic (exact) mass is 258 g/mol. The molecule has 0 saturated heterocycles. The Morgan fingerprint density at radius 2 is 1.47 bits per heavy atom. The van der Waals surface area contributed by atoms with Gasteiger partial charge in [0.1, 0.15) is 6.29 Å². The minimum absolute atomic E-state index is 0.397. The van der Waals surface area contributed by atoms with Crippen LogP contribution >= 0.6 is 0 Å². The largest absolute Gasteiger partial charge is 0.392 e. The van der Waals surface area contributed by atoms with Gasteiger partial charge in [-0.15, -0.1) is 0 Å². The molecule has 0 bridgehead atoms. The average molecular weight is 258 g/mol. The molecular weight excluding hydrogens is 228 g/mol. The second kappa shape index (κ2) is 7.55. The van der Waals surface area contributed by atoms with Crippen LogP contribution in [0, 0.1) is 5.92 Å². The summed E-state index contributed by atoms with van der Waals surface area (Å²) in [6.07, 6.45) is 7.03. The number of hydrogen-bond acceptors (Lipinski definition) is 2. The summed E-state index contributed by atoms with van der Waals surface area (Å²) in [6, 6.07) is 3.39. The molecule has 1 atom stereocenters. The third-order valence-corrected chi connectivity index (χ3v) is 9.21. The molecule has 1 fully saturated rings. The van der Waals surface area contributed by atoms with Gasteiger partial charge in [-0.1, -0.05) is 46.5 Å². The Balaban J connectivity index is 2.52. The summed E-state index contributed by atoms with van der Waals surface area (Å²) in [7, 11) is -1.63. The van der Waals surface area contributed by atoms with Crippen molar-refractivity contribution in [3.63, 3.8) is 0 Å². The number of aliphatic hydroxyl groups excluding tert-OH is 1. The molecule has 3 heteroatoms. The molecule has 0 radical (unpaired) electrons. The van der Waals surface area contributed by atoms with Crippen LogP contribution in [0.3, 0.4) is 0 Å². The van der Waals surface area contributed by atoms with Crippen molar-refractivity contribution in [2.75, 3.05) is 0 Å². The first kappa shape index (κ1) is 15.2. The Morgan fingerprint density at radius 1 is 1.00 bits per heavy atom. The molecule has 0 amide bonds. The summed E-state index contributed by atoms with van der Waals surface area (Å²) in [5.74, 6) is 0.397. The van der Waals surface area contributed by atoms with E-state index in [1.165, 1.54) is 25.7 Å². The first-order valence-electron chi connectivity index (χ1n) is 7.53. The highest BCUT2D eigenvalue weighted by atomic mass is 28.4. The Morgan fingerprint density at radius 3 is 1.88 bits per heavy atom. The molecule has 102 valence electrons. The topological polar surface area (TPSA) is 29.5 Å². The highest BCUT2D eigenvalue weighted by Gasteiger charge is 2.34. The smallest absolute Gasteiger partial charge is 0.195 e. The summed E-state index contributed by atoms with van der Waals surface area (Å²) < 4.78 is 6.18. The first-order valence-corrected chi connectivity index (χ1v) is 10.1. The van der Waals surface area contributed by atoms with Crippen molar-refractivity contribution >= 4 is 8.32 Å². The quantitative estimate of drug-likeness (QED) is 0.437. The fraction of sp³-hybridized carbons (Fsp3) is 1.00. The lowest BCUT2D eigenvalue weighted by Gasteiger charge is -2.34. The SMILES string of the molecule is CC[Si](CC)(CC)OC(O)C1CCCCCC1. The lowest BCUT2D eigenvalue weighted by Crippen LogP contribution is -2.42. The second-order valence-electron chi connectivity index (χ2n) is 5.50. The van der Waals surface area contributed by atoms with Gasteiger partial charge in [0, 0.05) is 5.92 Å². The van der Waals surface area contributed by atoms with Crippen LogP contribution in [0.25, 0.3) is 0 Å². The van der Waals surface area contributed by atoms with Crippen LogP contribution in [-0.4, -0.2) is 19.7 Å². The van der Waals surface area contributed by atoms with Crippen molar-refractivity contribution in [1.29, 1.82) is 0 Å². The summed E-state index contributed by atoms with van der Waals surface area (Å²) >= 11 is 0. The highest BCUT2D eigenvalue weighted by molar-refractivity contribution is 6.73. The van der Waals surface area contributed by atoms with Gasteiger partial charge in [0.15, 0.2) is 8.32 Å². The standard InChI is InChI=1S/C14H30O2Si/c1-4-17(5-2,6-3)16-14(15)13-11-9-7-8-10-12-13/h13-15H,4-12H2,1-3H3. The third kappa shape index (κ3) is 4.38. The van der Waals surface area contributed by atoms with E-state index in [0.717, 1.165) is 31.0 Å². The Bertz CT molecular complexity index is 188.